The summed E-state index contributed by atoms with van der Waals surface area (Å²) in [6.45, 7) is 4.93. The van der Waals surface area contributed by atoms with Crippen LogP contribution in [0.25, 0.3) is 5.69 Å². The summed E-state index contributed by atoms with van der Waals surface area (Å²) in [6, 6.07) is 9.80. The van der Waals surface area contributed by atoms with Crippen LogP contribution in [0.2, 0.25) is 0 Å². The molecule has 2 aromatic rings. The third-order valence-electron chi connectivity index (χ3n) is 2.99. The van der Waals surface area contributed by atoms with Gasteiger partial charge in [-0.25, -0.2) is 4.68 Å². The minimum absolute atomic E-state index is 0.184. The van der Waals surface area contributed by atoms with E-state index in [9.17, 15) is 4.79 Å². The Balaban J connectivity index is 2.17. The van der Waals surface area contributed by atoms with Gasteiger partial charge in [0.25, 0.3) is 5.91 Å². The Morgan fingerprint density at radius 2 is 2.00 bits per heavy atom. The predicted molar refractivity (Wildman–Crippen MR) is 77.2 cm³/mol. The molecule has 1 aromatic carbocycles. The predicted octanol–water partition coefficient (Wildman–Crippen LogP) is 1.87. The van der Waals surface area contributed by atoms with Crippen LogP contribution >= 0.6 is 0 Å². The van der Waals surface area contributed by atoms with E-state index in [0.717, 1.165) is 11.4 Å². The smallest absolute Gasteiger partial charge is 0.271 e. The maximum Gasteiger partial charge on any atom is 0.271 e. The third kappa shape index (κ3) is 3.24. The number of carbonyl (C=O) groups is 1. The Labute approximate surface area is 118 Å². The average Bonchev–Trinajstić information content (AvgIpc) is 2.82. The van der Waals surface area contributed by atoms with Crippen molar-refractivity contribution in [3.8, 4) is 5.69 Å². The minimum Gasteiger partial charge on any atom is -0.383 e. The molecule has 1 aromatic heterocycles. The zero-order chi connectivity index (χ0) is 14.5. The van der Waals surface area contributed by atoms with Gasteiger partial charge >= 0.3 is 0 Å². The second kappa shape index (κ2) is 6.34. The zero-order valence-corrected chi connectivity index (χ0v) is 12.0. The number of amides is 1. The van der Waals surface area contributed by atoms with Crippen molar-refractivity contribution in [3.05, 3.63) is 47.3 Å². The molecule has 0 aliphatic heterocycles. The molecule has 0 atom stereocenters. The SMILES string of the molecule is COCCNC(=O)c1cc(C)n(-c2ccc(C)cc2)n1. The largest absolute Gasteiger partial charge is 0.383 e. The van der Waals surface area contributed by atoms with E-state index >= 15 is 0 Å². The number of aryl methyl sites for hydroxylation is 2. The molecule has 5 nitrogen and oxygen atoms in total. The molecule has 0 saturated carbocycles. The van der Waals surface area contributed by atoms with Crippen molar-refractivity contribution >= 4 is 5.91 Å². The summed E-state index contributed by atoms with van der Waals surface area (Å²) in [7, 11) is 1.60. The Morgan fingerprint density at radius 3 is 2.65 bits per heavy atom. The van der Waals surface area contributed by atoms with Crippen LogP contribution in [0.5, 0.6) is 0 Å². The number of benzene rings is 1. The number of nitrogens with zero attached hydrogens (tertiary/aromatic N) is 2. The number of ether oxygens (including phenoxy) is 1. The summed E-state index contributed by atoms with van der Waals surface area (Å²) in [5.41, 5.74) is 3.48. The molecule has 2 rings (SSSR count). The normalized spacial score (nSPS) is 10.6. The Morgan fingerprint density at radius 1 is 1.30 bits per heavy atom. The summed E-state index contributed by atoms with van der Waals surface area (Å²) in [6.07, 6.45) is 0. The van der Waals surface area contributed by atoms with Crippen LogP contribution in [0.4, 0.5) is 0 Å². The number of aromatic nitrogens is 2. The van der Waals surface area contributed by atoms with Crippen molar-refractivity contribution in [2.75, 3.05) is 20.3 Å². The van der Waals surface area contributed by atoms with Gasteiger partial charge in [0.2, 0.25) is 0 Å². The molecule has 106 valence electrons. The first-order chi connectivity index (χ1) is 9.61. The van der Waals surface area contributed by atoms with Gasteiger partial charge in [-0.05, 0) is 32.0 Å². The van der Waals surface area contributed by atoms with E-state index in [4.69, 9.17) is 4.74 Å². The summed E-state index contributed by atoms with van der Waals surface area (Å²) in [4.78, 5) is 11.9. The second-order valence-corrected chi connectivity index (χ2v) is 4.67. The van der Waals surface area contributed by atoms with E-state index in [0.29, 0.717) is 18.8 Å². The van der Waals surface area contributed by atoms with Gasteiger partial charge in [0.05, 0.1) is 12.3 Å². The number of hydrogen-bond acceptors (Lipinski definition) is 3. The molecule has 0 bridgehead atoms. The van der Waals surface area contributed by atoms with Crippen LogP contribution < -0.4 is 5.32 Å². The topological polar surface area (TPSA) is 56.1 Å². The van der Waals surface area contributed by atoms with Crippen molar-refractivity contribution in [1.82, 2.24) is 15.1 Å². The number of carbonyl (C=O) groups excluding carboxylic acids is 1. The minimum atomic E-state index is -0.184. The van der Waals surface area contributed by atoms with Gasteiger partial charge in [0, 0.05) is 19.3 Å². The van der Waals surface area contributed by atoms with Crippen molar-refractivity contribution < 1.29 is 9.53 Å². The lowest BCUT2D eigenvalue weighted by Crippen LogP contribution is -2.27. The van der Waals surface area contributed by atoms with Gasteiger partial charge in [-0.2, -0.15) is 5.10 Å². The highest BCUT2D eigenvalue weighted by Gasteiger charge is 2.12. The molecule has 1 N–H and O–H groups in total. The lowest BCUT2D eigenvalue weighted by Gasteiger charge is -2.04. The maximum absolute atomic E-state index is 11.9. The molecule has 0 aliphatic rings. The fourth-order valence-corrected chi connectivity index (χ4v) is 1.89. The van der Waals surface area contributed by atoms with Gasteiger partial charge in [-0.15, -0.1) is 0 Å². The highest BCUT2D eigenvalue weighted by molar-refractivity contribution is 5.92. The third-order valence-corrected chi connectivity index (χ3v) is 2.99. The van der Waals surface area contributed by atoms with Crippen LogP contribution in [0.15, 0.2) is 30.3 Å². The summed E-state index contributed by atoms with van der Waals surface area (Å²) < 4.78 is 6.67. The lowest BCUT2D eigenvalue weighted by molar-refractivity contribution is 0.0931. The number of hydrogen-bond donors (Lipinski definition) is 1. The maximum atomic E-state index is 11.9. The van der Waals surface area contributed by atoms with E-state index in [1.54, 1.807) is 17.9 Å². The van der Waals surface area contributed by atoms with Gasteiger partial charge < -0.3 is 10.1 Å². The fraction of sp³-hybridized carbons (Fsp3) is 0.333. The first-order valence-corrected chi connectivity index (χ1v) is 6.52. The fourth-order valence-electron chi connectivity index (χ4n) is 1.89. The van der Waals surface area contributed by atoms with Gasteiger partial charge in [0.1, 0.15) is 0 Å². The van der Waals surface area contributed by atoms with Crippen molar-refractivity contribution in [2.45, 2.75) is 13.8 Å². The first kappa shape index (κ1) is 14.3. The molecule has 0 fully saturated rings. The summed E-state index contributed by atoms with van der Waals surface area (Å²) in [5.74, 6) is -0.184. The van der Waals surface area contributed by atoms with Crippen molar-refractivity contribution in [2.24, 2.45) is 0 Å². The molecule has 20 heavy (non-hydrogen) atoms. The van der Waals surface area contributed by atoms with E-state index in [1.807, 2.05) is 38.1 Å². The molecule has 0 spiro atoms. The van der Waals surface area contributed by atoms with E-state index < -0.39 is 0 Å². The van der Waals surface area contributed by atoms with Crippen LogP contribution in [0, 0.1) is 13.8 Å². The molecule has 0 saturated heterocycles. The molecular weight excluding hydrogens is 254 g/mol. The molecule has 1 amide bonds. The van der Waals surface area contributed by atoms with Crippen LogP contribution in [-0.4, -0.2) is 35.9 Å². The molecule has 0 radical (unpaired) electrons. The monoisotopic (exact) mass is 273 g/mol. The zero-order valence-electron chi connectivity index (χ0n) is 12.0. The number of methoxy groups -OCH3 is 1. The molecule has 1 heterocycles. The van der Waals surface area contributed by atoms with Gasteiger partial charge in [0.15, 0.2) is 5.69 Å². The van der Waals surface area contributed by atoms with Gasteiger partial charge in [-0.1, -0.05) is 17.7 Å². The van der Waals surface area contributed by atoms with Crippen LogP contribution in [0.3, 0.4) is 0 Å². The van der Waals surface area contributed by atoms with E-state index in [-0.39, 0.29) is 5.91 Å². The van der Waals surface area contributed by atoms with Crippen LogP contribution in [0.1, 0.15) is 21.7 Å². The molecular formula is C15H19N3O2. The van der Waals surface area contributed by atoms with Crippen molar-refractivity contribution in [3.63, 3.8) is 0 Å². The summed E-state index contributed by atoms with van der Waals surface area (Å²) in [5, 5.41) is 7.11. The molecule has 5 heteroatoms. The Hall–Kier alpha value is -2.14. The quantitative estimate of drug-likeness (QED) is 0.846. The highest BCUT2D eigenvalue weighted by Crippen LogP contribution is 2.13. The summed E-state index contributed by atoms with van der Waals surface area (Å²) >= 11 is 0. The van der Waals surface area contributed by atoms with Crippen LogP contribution in [-0.2, 0) is 4.74 Å². The lowest BCUT2D eigenvalue weighted by atomic mass is 10.2. The Bertz CT molecular complexity index is 588. The molecule has 0 aliphatic carbocycles. The van der Waals surface area contributed by atoms with E-state index in [2.05, 4.69) is 10.4 Å². The number of rotatable bonds is 5. The first-order valence-electron chi connectivity index (χ1n) is 6.52. The average molecular weight is 273 g/mol. The second-order valence-electron chi connectivity index (χ2n) is 4.67. The number of nitrogens with one attached hydrogen (secondary N) is 1. The van der Waals surface area contributed by atoms with E-state index in [1.165, 1.54) is 5.56 Å². The van der Waals surface area contributed by atoms with Crippen molar-refractivity contribution in [1.29, 1.82) is 0 Å². The highest BCUT2D eigenvalue weighted by atomic mass is 16.5. The Kier molecular flexibility index (Phi) is 4.53. The standard InChI is InChI=1S/C15H19N3O2/c1-11-4-6-13(7-5-11)18-12(2)10-14(17-18)15(19)16-8-9-20-3/h4-7,10H,8-9H2,1-3H3,(H,16,19). The van der Waals surface area contributed by atoms with Gasteiger partial charge in [-0.3, -0.25) is 4.79 Å². The molecule has 0 unspecified atom stereocenters.